The highest BCUT2D eigenvalue weighted by atomic mass is 16.4. The Labute approximate surface area is 119 Å². The van der Waals surface area contributed by atoms with Gasteiger partial charge in [-0.05, 0) is 6.42 Å². The van der Waals surface area contributed by atoms with Crippen LogP contribution in [0.15, 0.2) is 12.5 Å². The Hall–Kier alpha value is -2.62. The van der Waals surface area contributed by atoms with E-state index in [9.17, 15) is 14.4 Å². The highest BCUT2D eigenvalue weighted by Gasteiger charge is 2.19. The molecule has 0 unspecified atom stereocenters. The fraction of sp³-hybridized carbons (Fsp3) is 0.455. The van der Waals surface area contributed by atoms with E-state index in [0.29, 0.717) is 5.69 Å². The predicted molar refractivity (Wildman–Crippen MR) is 69.2 cm³/mol. The third kappa shape index (κ3) is 5.48. The second-order valence-corrected chi connectivity index (χ2v) is 4.37. The van der Waals surface area contributed by atoms with Crippen LogP contribution in [-0.4, -0.2) is 55.0 Å². The molecule has 2 atom stereocenters. The molecule has 0 aliphatic carbocycles. The second-order valence-electron chi connectivity index (χ2n) is 4.37. The molecule has 1 rings (SSSR count). The van der Waals surface area contributed by atoms with Gasteiger partial charge in [0.05, 0.1) is 5.69 Å². The molecule has 0 aliphatic heterocycles. The van der Waals surface area contributed by atoms with Crippen molar-refractivity contribution in [1.29, 1.82) is 0 Å². The molecule has 0 bridgehead atoms. The number of hydrogen-bond donors (Lipinski definition) is 5. The number of carbonyl (C=O) groups is 3. The SMILES string of the molecule is N[C@@H](Cc1cn(N[C@@H](CCC(=O)O)C(=O)O)cn1)C(=O)O. The van der Waals surface area contributed by atoms with Crippen molar-refractivity contribution in [1.82, 2.24) is 9.66 Å². The third-order valence-electron chi connectivity index (χ3n) is 2.63. The lowest BCUT2D eigenvalue weighted by molar-refractivity contribution is -0.140. The molecule has 1 aromatic heterocycles. The van der Waals surface area contributed by atoms with Crippen LogP contribution >= 0.6 is 0 Å². The fourth-order valence-electron chi connectivity index (χ4n) is 1.54. The van der Waals surface area contributed by atoms with Gasteiger partial charge < -0.3 is 26.5 Å². The molecule has 116 valence electrons. The summed E-state index contributed by atoms with van der Waals surface area (Å²) < 4.78 is 1.24. The first-order valence-electron chi connectivity index (χ1n) is 6.02. The van der Waals surface area contributed by atoms with Gasteiger partial charge in [0.2, 0.25) is 0 Å². The van der Waals surface area contributed by atoms with Crippen LogP contribution in [0, 0.1) is 0 Å². The summed E-state index contributed by atoms with van der Waals surface area (Å²) in [6, 6.07) is -2.20. The predicted octanol–water partition coefficient (Wildman–Crippen LogP) is -1.30. The van der Waals surface area contributed by atoms with Gasteiger partial charge in [0, 0.05) is 19.0 Å². The van der Waals surface area contributed by atoms with Crippen LogP contribution in [0.5, 0.6) is 0 Å². The molecule has 0 amide bonds. The first kappa shape index (κ1) is 16.4. The summed E-state index contributed by atoms with van der Waals surface area (Å²) in [4.78, 5) is 36.0. The number of carboxylic acid groups (broad SMARTS) is 3. The van der Waals surface area contributed by atoms with Gasteiger partial charge in [0.25, 0.3) is 0 Å². The molecule has 0 saturated heterocycles. The molecule has 10 nitrogen and oxygen atoms in total. The number of aliphatic carboxylic acids is 3. The van der Waals surface area contributed by atoms with E-state index in [1.54, 1.807) is 0 Å². The minimum Gasteiger partial charge on any atom is -0.481 e. The lowest BCUT2D eigenvalue weighted by atomic mass is 10.2. The summed E-state index contributed by atoms with van der Waals surface area (Å²) >= 11 is 0. The van der Waals surface area contributed by atoms with Gasteiger partial charge in [-0.25, -0.2) is 9.78 Å². The van der Waals surface area contributed by atoms with E-state index in [1.165, 1.54) is 17.2 Å². The Morgan fingerprint density at radius 1 is 1.29 bits per heavy atom. The van der Waals surface area contributed by atoms with Gasteiger partial charge in [0.15, 0.2) is 0 Å². The molecule has 0 aliphatic rings. The van der Waals surface area contributed by atoms with E-state index in [0.717, 1.165) is 0 Å². The zero-order chi connectivity index (χ0) is 16.0. The first-order chi connectivity index (χ1) is 9.79. The fourth-order valence-corrected chi connectivity index (χ4v) is 1.54. The quantitative estimate of drug-likeness (QED) is 0.372. The van der Waals surface area contributed by atoms with Gasteiger partial charge in [-0.1, -0.05) is 0 Å². The van der Waals surface area contributed by atoms with Gasteiger partial charge in [-0.3, -0.25) is 14.3 Å². The number of imidazole rings is 1. The molecule has 0 aromatic carbocycles. The van der Waals surface area contributed by atoms with Crippen LogP contribution in [0.1, 0.15) is 18.5 Å². The van der Waals surface area contributed by atoms with Crippen molar-refractivity contribution in [3.05, 3.63) is 18.2 Å². The van der Waals surface area contributed by atoms with E-state index in [-0.39, 0.29) is 19.3 Å². The largest absolute Gasteiger partial charge is 0.481 e. The second kappa shape index (κ2) is 7.24. The molecule has 1 heterocycles. The van der Waals surface area contributed by atoms with E-state index in [4.69, 9.17) is 21.1 Å². The molecular weight excluding hydrogens is 284 g/mol. The Kier molecular flexibility index (Phi) is 5.67. The standard InChI is InChI=1S/C11H16N4O6/c12-7(10(18)19)3-6-4-15(5-13-6)14-8(11(20)21)1-2-9(16)17/h4-5,7-8,14H,1-3,12H2,(H,16,17)(H,18,19)(H,20,21)/t7-,8-/m0/s1. The van der Waals surface area contributed by atoms with Crippen molar-refractivity contribution in [2.75, 3.05) is 5.43 Å². The minimum absolute atomic E-state index is 0.00310. The summed E-state index contributed by atoms with van der Waals surface area (Å²) in [5.74, 6) is -3.46. The summed E-state index contributed by atoms with van der Waals surface area (Å²) in [6.07, 6.45) is 2.26. The van der Waals surface area contributed by atoms with Crippen LogP contribution in [0.3, 0.4) is 0 Å². The number of nitrogens with two attached hydrogens (primary N) is 1. The summed E-state index contributed by atoms with van der Waals surface area (Å²) in [7, 11) is 0. The van der Waals surface area contributed by atoms with Crippen molar-refractivity contribution in [3.63, 3.8) is 0 Å². The smallest absolute Gasteiger partial charge is 0.327 e. The number of rotatable bonds is 9. The Morgan fingerprint density at radius 3 is 2.48 bits per heavy atom. The summed E-state index contributed by atoms with van der Waals surface area (Å²) in [6.45, 7) is 0. The maximum Gasteiger partial charge on any atom is 0.327 e. The van der Waals surface area contributed by atoms with Crippen molar-refractivity contribution < 1.29 is 29.7 Å². The summed E-state index contributed by atoms with van der Waals surface area (Å²) in [5, 5.41) is 26.2. The Morgan fingerprint density at radius 2 is 1.95 bits per heavy atom. The number of carboxylic acids is 3. The molecule has 0 spiro atoms. The molecule has 6 N–H and O–H groups in total. The number of nitrogens with zero attached hydrogens (tertiary/aromatic N) is 2. The topological polar surface area (TPSA) is 168 Å². The zero-order valence-corrected chi connectivity index (χ0v) is 11.0. The highest BCUT2D eigenvalue weighted by Crippen LogP contribution is 2.03. The van der Waals surface area contributed by atoms with Crippen molar-refractivity contribution in [2.24, 2.45) is 5.73 Å². The lowest BCUT2D eigenvalue weighted by Gasteiger charge is -2.14. The number of hydrogen-bond acceptors (Lipinski definition) is 6. The van der Waals surface area contributed by atoms with Gasteiger partial charge >= 0.3 is 17.9 Å². The first-order valence-corrected chi connectivity index (χ1v) is 6.02. The van der Waals surface area contributed by atoms with Crippen molar-refractivity contribution in [2.45, 2.75) is 31.3 Å². The third-order valence-corrected chi connectivity index (χ3v) is 2.63. The minimum atomic E-state index is -1.20. The van der Waals surface area contributed by atoms with E-state index in [1.807, 2.05) is 0 Å². The zero-order valence-electron chi connectivity index (χ0n) is 11.0. The molecule has 21 heavy (non-hydrogen) atoms. The lowest BCUT2D eigenvalue weighted by Crippen LogP contribution is -2.35. The van der Waals surface area contributed by atoms with Gasteiger partial charge in [-0.2, -0.15) is 0 Å². The van der Waals surface area contributed by atoms with E-state index < -0.39 is 30.0 Å². The number of nitrogens with one attached hydrogen (secondary N) is 1. The van der Waals surface area contributed by atoms with E-state index in [2.05, 4.69) is 10.4 Å². The number of aromatic nitrogens is 2. The Bertz CT molecular complexity index is 529. The molecule has 1 aromatic rings. The van der Waals surface area contributed by atoms with E-state index >= 15 is 0 Å². The average molecular weight is 300 g/mol. The normalized spacial score (nSPS) is 13.4. The average Bonchev–Trinajstić information content (AvgIpc) is 2.81. The van der Waals surface area contributed by atoms with Crippen LogP contribution in [0.2, 0.25) is 0 Å². The summed E-state index contributed by atoms with van der Waals surface area (Å²) in [5.41, 5.74) is 8.29. The molecular formula is C11H16N4O6. The van der Waals surface area contributed by atoms with Crippen molar-refractivity contribution in [3.8, 4) is 0 Å². The highest BCUT2D eigenvalue weighted by molar-refractivity contribution is 5.76. The molecule has 10 heteroatoms. The van der Waals surface area contributed by atoms with Crippen LogP contribution in [0.25, 0.3) is 0 Å². The van der Waals surface area contributed by atoms with Crippen LogP contribution in [0.4, 0.5) is 0 Å². The molecule has 0 fully saturated rings. The van der Waals surface area contributed by atoms with Crippen LogP contribution < -0.4 is 11.2 Å². The van der Waals surface area contributed by atoms with Gasteiger partial charge in [0.1, 0.15) is 18.4 Å². The molecule has 0 saturated carbocycles. The maximum absolute atomic E-state index is 11.0. The molecule has 0 radical (unpaired) electrons. The monoisotopic (exact) mass is 300 g/mol. The maximum atomic E-state index is 11.0. The van der Waals surface area contributed by atoms with Crippen molar-refractivity contribution >= 4 is 17.9 Å². The van der Waals surface area contributed by atoms with Gasteiger partial charge in [-0.15, -0.1) is 0 Å². The Balaban J connectivity index is 2.64. The van der Waals surface area contributed by atoms with Crippen LogP contribution in [-0.2, 0) is 20.8 Å².